The molecule has 0 bridgehead atoms. The summed E-state index contributed by atoms with van der Waals surface area (Å²) in [5.41, 5.74) is 2.81. The van der Waals surface area contributed by atoms with Crippen LogP contribution in [0, 0.1) is 13.8 Å². The predicted molar refractivity (Wildman–Crippen MR) is 87.1 cm³/mol. The molecule has 1 atom stereocenters. The molecular formula is C17H19ClN2O2. The van der Waals surface area contributed by atoms with E-state index < -0.39 is 6.10 Å². The Morgan fingerprint density at radius 2 is 2.05 bits per heavy atom. The van der Waals surface area contributed by atoms with E-state index in [4.69, 9.17) is 16.3 Å². The van der Waals surface area contributed by atoms with Crippen molar-refractivity contribution in [2.24, 2.45) is 0 Å². The average Bonchev–Trinajstić information content (AvgIpc) is 2.51. The van der Waals surface area contributed by atoms with Gasteiger partial charge in [0.15, 0.2) is 6.10 Å². The van der Waals surface area contributed by atoms with Crippen molar-refractivity contribution in [3.05, 3.63) is 58.4 Å². The molecule has 5 heteroatoms. The first-order valence-electron chi connectivity index (χ1n) is 7.07. The number of aryl methyl sites for hydroxylation is 2. The quantitative estimate of drug-likeness (QED) is 0.918. The number of carbonyl (C=O) groups excluding carboxylic acids is 1. The van der Waals surface area contributed by atoms with Gasteiger partial charge in [-0.15, -0.1) is 0 Å². The lowest BCUT2D eigenvalue weighted by Crippen LogP contribution is -2.35. The number of hydrogen-bond donors (Lipinski definition) is 1. The summed E-state index contributed by atoms with van der Waals surface area (Å²) >= 11 is 6.13. The smallest absolute Gasteiger partial charge is 0.261 e. The van der Waals surface area contributed by atoms with Crippen LogP contribution in [0.3, 0.4) is 0 Å². The fourth-order valence-corrected chi connectivity index (χ4v) is 2.18. The van der Waals surface area contributed by atoms with Gasteiger partial charge in [0, 0.05) is 24.0 Å². The van der Waals surface area contributed by atoms with Crippen LogP contribution in [0.1, 0.15) is 23.6 Å². The van der Waals surface area contributed by atoms with Crippen molar-refractivity contribution in [3.8, 4) is 5.75 Å². The van der Waals surface area contributed by atoms with E-state index in [0.717, 1.165) is 21.7 Å². The van der Waals surface area contributed by atoms with Gasteiger partial charge in [-0.05, 0) is 55.7 Å². The lowest BCUT2D eigenvalue weighted by Gasteiger charge is -2.16. The summed E-state index contributed by atoms with van der Waals surface area (Å²) in [7, 11) is 0. The highest BCUT2D eigenvalue weighted by Crippen LogP contribution is 2.26. The summed E-state index contributed by atoms with van der Waals surface area (Å²) in [5.74, 6) is 0.470. The second kappa shape index (κ2) is 7.27. The first kappa shape index (κ1) is 16.3. The Bertz CT molecular complexity index is 636. The van der Waals surface area contributed by atoms with Crippen LogP contribution in [0.25, 0.3) is 0 Å². The summed E-state index contributed by atoms with van der Waals surface area (Å²) in [6, 6.07) is 7.41. The summed E-state index contributed by atoms with van der Waals surface area (Å²) in [6.45, 7) is 5.97. The number of halogens is 1. The van der Waals surface area contributed by atoms with E-state index in [0.29, 0.717) is 12.3 Å². The Hall–Kier alpha value is -2.07. The summed E-state index contributed by atoms with van der Waals surface area (Å²) in [6.07, 6.45) is 2.83. The van der Waals surface area contributed by atoms with E-state index in [-0.39, 0.29) is 5.91 Å². The van der Waals surface area contributed by atoms with Gasteiger partial charge < -0.3 is 10.1 Å². The van der Waals surface area contributed by atoms with E-state index >= 15 is 0 Å². The molecule has 1 N–H and O–H groups in total. The van der Waals surface area contributed by atoms with Crippen LogP contribution >= 0.6 is 11.6 Å². The van der Waals surface area contributed by atoms with E-state index in [1.807, 2.05) is 38.1 Å². The molecule has 1 amide bonds. The molecule has 4 nitrogen and oxygen atoms in total. The number of nitrogens with zero attached hydrogens (tertiary/aromatic N) is 1. The van der Waals surface area contributed by atoms with Gasteiger partial charge in [0.25, 0.3) is 5.91 Å². The third kappa shape index (κ3) is 4.21. The van der Waals surface area contributed by atoms with Gasteiger partial charge in [-0.1, -0.05) is 17.7 Å². The van der Waals surface area contributed by atoms with Crippen LogP contribution in [-0.4, -0.2) is 17.0 Å². The molecule has 1 aromatic heterocycles. The van der Waals surface area contributed by atoms with Crippen molar-refractivity contribution < 1.29 is 9.53 Å². The van der Waals surface area contributed by atoms with Gasteiger partial charge in [0.1, 0.15) is 5.75 Å². The molecule has 0 aliphatic carbocycles. The van der Waals surface area contributed by atoms with Crippen molar-refractivity contribution in [3.63, 3.8) is 0 Å². The minimum atomic E-state index is -0.586. The topological polar surface area (TPSA) is 51.2 Å². The highest BCUT2D eigenvalue weighted by Gasteiger charge is 2.15. The third-order valence-electron chi connectivity index (χ3n) is 3.28. The molecule has 0 saturated carbocycles. The number of carbonyl (C=O) groups is 1. The van der Waals surface area contributed by atoms with Crippen molar-refractivity contribution in [1.29, 1.82) is 0 Å². The highest BCUT2D eigenvalue weighted by atomic mass is 35.5. The molecule has 0 spiro atoms. The first-order chi connectivity index (χ1) is 10.5. The number of aromatic nitrogens is 1. The maximum Gasteiger partial charge on any atom is 0.261 e. The molecule has 1 heterocycles. The van der Waals surface area contributed by atoms with E-state index in [1.165, 1.54) is 0 Å². The Balaban J connectivity index is 1.94. The zero-order chi connectivity index (χ0) is 16.1. The van der Waals surface area contributed by atoms with Crippen molar-refractivity contribution >= 4 is 17.5 Å². The SMILES string of the molecule is Cc1cc(O[C@@H](C)C(=O)NCc2cccnc2)cc(C)c1Cl. The summed E-state index contributed by atoms with van der Waals surface area (Å²) in [4.78, 5) is 16.1. The Labute approximate surface area is 135 Å². The molecule has 0 fully saturated rings. The molecule has 0 saturated heterocycles. The lowest BCUT2D eigenvalue weighted by molar-refractivity contribution is -0.127. The molecular weight excluding hydrogens is 300 g/mol. The molecule has 22 heavy (non-hydrogen) atoms. The minimum absolute atomic E-state index is 0.172. The van der Waals surface area contributed by atoms with E-state index in [2.05, 4.69) is 10.3 Å². The number of benzene rings is 1. The number of amides is 1. The van der Waals surface area contributed by atoms with Gasteiger partial charge in [0.2, 0.25) is 0 Å². The van der Waals surface area contributed by atoms with Gasteiger partial charge in [-0.3, -0.25) is 9.78 Å². The van der Waals surface area contributed by atoms with Crippen molar-refractivity contribution in [2.75, 3.05) is 0 Å². The second-order valence-electron chi connectivity index (χ2n) is 5.21. The molecule has 0 aliphatic heterocycles. The van der Waals surface area contributed by atoms with Crippen LogP contribution in [0.5, 0.6) is 5.75 Å². The third-order valence-corrected chi connectivity index (χ3v) is 3.88. The predicted octanol–water partition coefficient (Wildman–Crippen LogP) is 3.44. The molecule has 0 unspecified atom stereocenters. The van der Waals surface area contributed by atoms with Crippen LogP contribution < -0.4 is 10.1 Å². The monoisotopic (exact) mass is 318 g/mol. The Morgan fingerprint density at radius 1 is 1.36 bits per heavy atom. The molecule has 2 rings (SSSR count). The van der Waals surface area contributed by atoms with Crippen molar-refractivity contribution in [2.45, 2.75) is 33.4 Å². The normalized spacial score (nSPS) is 11.8. The Morgan fingerprint density at radius 3 is 2.64 bits per heavy atom. The molecule has 0 aliphatic rings. The van der Waals surface area contributed by atoms with Gasteiger partial charge in [-0.2, -0.15) is 0 Å². The molecule has 116 valence electrons. The summed E-state index contributed by atoms with van der Waals surface area (Å²) < 4.78 is 5.69. The maximum absolute atomic E-state index is 12.1. The average molecular weight is 319 g/mol. The van der Waals surface area contributed by atoms with Crippen LogP contribution in [-0.2, 0) is 11.3 Å². The summed E-state index contributed by atoms with van der Waals surface area (Å²) in [5, 5.41) is 3.55. The number of rotatable bonds is 5. The molecule has 0 radical (unpaired) electrons. The number of hydrogen-bond acceptors (Lipinski definition) is 3. The van der Waals surface area contributed by atoms with Gasteiger partial charge in [0.05, 0.1) is 0 Å². The fraction of sp³-hybridized carbons (Fsp3) is 0.294. The minimum Gasteiger partial charge on any atom is -0.481 e. The first-order valence-corrected chi connectivity index (χ1v) is 7.45. The van der Waals surface area contributed by atoms with Crippen LogP contribution in [0.15, 0.2) is 36.7 Å². The number of nitrogens with one attached hydrogen (secondary N) is 1. The lowest BCUT2D eigenvalue weighted by atomic mass is 10.1. The zero-order valence-electron chi connectivity index (χ0n) is 12.9. The van der Waals surface area contributed by atoms with Crippen LogP contribution in [0.4, 0.5) is 0 Å². The number of ether oxygens (including phenoxy) is 1. The highest BCUT2D eigenvalue weighted by molar-refractivity contribution is 6.32. The van der Waals surface area contributed by atoms with Gasteiger partial charge >= 0.3 is 0 Å². The molecule has 1 aromatic carbocycles. The second-order valence-corrected chi connectivity index (χ2v) is 5.59. The largest absolute Gasteiger partial charge is 0.481 e. The number of pyridine rings is 1. The Kier molecular flexibility index (Phi) is 5.39. The zero-order valence-corrected chi connectivity index (χ0v) is 13.6. The molecule has 2 aromatic rings. The fourth-order valence-electron chi connectivity index (χ4n) is 2.07. The van der Waals surface area contributed by atoms with Crippen molar-refractivity contribution in [1.82, 2.24) is 10.3 Å². The van der Waals surface area contributed by atoms with Gasteiger partial charge in [-0.25, -0.2) is 0 Å². The van der Waals surface area contributed by atoms with Crippen LogP contribution in [0.2, 0.25) is 5.02 Å². The standard InChI is InChI=1S/C17H19ClN2O2/c1-11-7-15(8-12(2)16(11)18)22-13(3)17(21)20-10-14-5-4-6-19-9-14/h4-9,13H,10H2,1-3H3,(H,20,21)/t13-/m0/s1. The van der Waals surface area contributed by atoms with E-state index in [1.54, 1.807) is 19.3 Å². The van der Waals surface area contributed by atoms with E-state index in [9.17, 15) is 4.79 Å². The maximum atomic E-state index is 12.1.